The summed E-state index contributed by atoms with van der Waals surface area (Å²) in [5, 5.41) is 2.36. The number of allylic oxidation sites excluding steroid dienone is 1. The van der Waals surface area contributed by atoms with Crippen LogP contribution in [0.5, 0.6) is 23.0 Å². The van der Waals surface area contributed by atoms with Gasteiger partial charge in [0.1, 0.15) is 12.2 Å². The zero-order valence-corrected chi connectivity index (χ0v) is 27.0. The van der Waals surface area contributed by atoms with E-state index in [0.717, 1.165) is 33.8 Å². The Labute approximate surface area is 279 Å². The molecule has 9 rings (SSSR count). The fraction of sp³-hybridized carbons (Fsp3) is 0.359. The molecule has 4 amide bonds. The lowest BCUT2D eigenvalue weighted by atomic mass is 9.48. The van der Waals surface area contributed by atoms with E-state index in [1.54, 1.807) is 12.1 Å². The second kappa shape index (κ2) is 11.9. The highest BCUT2D eigenvalue weighted by molar-refractivity contribution is 6.39. The summed E-state index contributed by atoms with van der Waals surface area (Å²) in [6.07, 6.45) is 11.4. The topological polar surface area (TPSA) is 103 Å². The van der Waals surface area contributed by atoms with Crippen LogP contribution in [0.2, 0.25) is 0 Å². The molecule has 0 spiro atoms. The molecule has 2 aliphatic heterocycles. The second-order valence-corrected chi connectivity index (χ2v) is 13.9. The quantitative estimate of drug-likeness (QED) is 0.154. The number of nitrogens with one attached hydrogen (secondary N) is 1. The molecule has 2 heterocycles. The zero-order valence-electron chi connectivity index (χ0n) is 27.0. The molecule has 1 N–H and O–H groups in total. The largest absolute Gasteiger partial charge is 0.493 e. The van der Waals surface area contributed by atoms with E-state index in [-0.39, 0.29) is 24.4 Å². The fourth-order valence-electron chi connectivity index (χ4n) is 9.06. The van der Waals surface area contributed by atoms with Crippen molar-refractivity contribution in [2.24, 2.45) is 17.8 Å². The van der Waals surface area contributed by atoms with Gasteiger partial charge in [-0.1, -0.05) is 24.3 Å². The number of hydrogen-bond acceptors (Lipinski definition) is 7. The minimum Gasteiger partial charge on any atom is -0.493 e. The van der Waals surface area contributed by atoms with Crippen molar-refractivity contribution >= 4 is 29.6 Å². The number of nitrogens with zero attached hydrogens (tertiary/aromatic N) is 1. The van der Waals surface area contributed by atoms with Gasteiger partial charge in [0.15, 0.2) is 23.0 Å². The summed E-state index contributed by atoms with van der Waals surface area (Å²) in [6, 6.07) is 16.2. The first-order valence-corrected chi connectivity index (χ1v) is 16.7. The minimum absolute atomic E-state index is 0.152. The number of methoxy groups -OCH3 is 1. The van der Waals surface area contributed by atoms with Crippen molar-refractivity contribution in [2.45, 2.75) is 57.0 Å². The third-order valence-electron chi connectivity index (χ3n) is 10.7. The van der Waals surface area contributed by atoms with E-state index in [4.69, 9.17) is 18.9 Å². The van der Waals surface area contributed by atoms with Gasteiger partial charge in [-0.3, -0.25) is 14.9 Å². The molecule has 3 aromatic rings. The minimum atomic E-state index is -0.762. The van der Waals surface area contributed by atoms with E-state index in [9.17, 15) is 14.4 Å². The van der Waals surface area contributed by atoms with Gasteiger partial charge in [0.2, 0.25) is 6.79 Å². The summed E-state index contributed by atoms with van der Waals surface area (Å²) in [6.45, 7) is 4.32. The summed E-state index contributed by atoms with van der Waals surface area (Å²) in [4.78, 5) is 40.9. The Morgan fingerprint density at radius 2 is 1.65 bits per heavy atom. The van der Waals surface area contributed by atoms with E-state index in [1.165, 1.54) is 57.3 Å². The van der Waals surface area contributed by atoms with E-state index < -0.39 is 17.8 Å². The number of fused-ring (bicyclic) bond motifs is 1. The highest BCUT2D eigenvalue weighted by Crippen LogP contribution is 2.60. The smallest absolute Gasteiger partial charge is 0.335 e. The molecule has 0 atom stereocenters. The van der Waals surface area contributed by atoms with Crippen LogP contribution in [0.4, 0.5) is 10.5 Å². The summed E-state index contributed by atoms with van der Waals surface area (Å²) in [5.41, 5.74) is 3.97. The number of hydrogen-bond donors (Lipinski definition) is 1. The molecule has 246 valence electrons. The number of benzene rings is 3. The monoisotopic (exact) mass is 646 g/mol. The lowest BCUT2D eigenvalue weighted by Gasteiger charge is -2.57. The van der Waals surface area contributed by atoms with Crippen LogP contribution in [-0.2, 0) is 28.0 Å². The normalized spacial score (nSPS) is 26.2. The molecule has 6 aliphatic rings. The van der Waals surface area contributed by atoms with E-state index in [2.05, 4.69) is 24.0 Å². The van der Waals surface area contributed by atoms with Gasteiger partial charge in [0, 0.05) is 5.56 Å². The van der Waals surface area contributed by atoms with Crippen LogP contribution < -0.4 is 29.2 Å². The molecule has 0 unspecified atom stereocenters. The number of carbonyl (C=O) groups excluding carboxylic acids is 3. The van der Waals surface area contributed by atoms with Crippen LogP contribution in [0.25, 0.3) is 6.08 Å². The maximum atomic E-state index is 13.8. The maximum absolute atomic E-state index is 13.8. The van der Waals surface area contributed by atoms with Crippen molar-refractivity contribution in [3.05, 3.63) is 95.1 Å². The van der Waals surface area contributed by atoms with Crippen molar-refractivity contribution in [2.75, 3.05) is 18.8 Å². The summed E-state index contributed by atoms with van der Waals surface area (Å²) < 4.78 is 22.8. The molecular weight excluding hydrogens is 608 g/mol. The summed E-state index contributed by atoms with van der Waals surface area (Å²) in [7, 11) is 1.53. The Morgan fingerprint density at radius 3 is 2.33 bits per heavy atom. The molecule has 1 saturated heterocycles. The first kappa shape index (κ1) is 30.3. The number of ether oxygens (including phenoxy) is 4. The molecule has 5 fully saturated rings. The molecule has 0 aromatic heterocycles. The van der Waals surface area contributed by atoms with E-state index in [1.807, 2.05) is 36.4 Å². The van der Waals surface area contributed by atoms with Crippen molar-refractivity contribution in [3.8, 4) is 23.0 Å². The highest BCUT2D eigenvalue weighted by atomic mass is 16.7. The fourth-order valence-corrected chi connectivity index (χ4v) is 9.06. The number of rotatable bonds is 9. The molecule has 4 saturated carbocycles. The van der Waals surface area contributed by atoms with Crippen LogP contribution in [0.3, 0.4) is 0 Å². The third kappa shape index (κ3) is 5.31. The van der Waals surface area contributed by atoms with Crippen LogP contribution in [0.1, 0.15) is 60.8 Å². The SMILES string of the molecule is C=CCc1cc(/C=C2\C(=O)NC(=O)N(c3ccc(C45CC6CC(CC(C6)C4)C5)cc3)C2=O)cc(OC)c1OCc1ccc2c(c1)OCO2. The van der Waals surface area contributed by atoms with Gasteiger partial charge in [0.25, 0.3) is 11.8 Å². The molecular formula is C39H38N2O7. The lowest BCUT2D eigenvalue weighted by molar-refractivity contribution is -0.122. The van der Waals surface area contributed by atoms with Crippen molar-refractivity contribution in [1.29, 1.82) is 0 Å². The molecule has 9 heteroatoms. The van der Waals surface area contributed by atoms with Crippen LogP contribution >= 0.6 is 0 Å². The first-order chi connectivity index (χ1) is 23.3. The zero-order chi connectivity index (χ0) is 33.0. The Bertz CT molecular complexity index is 1830. The number of barbiturate groups is 1. The molecule has 3 aromatic carbocycles. The molecule has 4 bridgehead atoms. The van der Waals surface area contributed by atoms with Gasteiger partial charge >= 0.3 is 6.03 Å². The Balaban J connectivity index is 1.05. The summed E-state index contributed by atoms with van der Waals surface area (Å²) in [5.74, 6) is 3.31. The Hall–Kier alpha value is -5.05. The third-order valence-corrected chi connectivity index (χ3v) is 10.7. The average Bonchev–Trinajstić information content (AvgIpc) is 3.54. The summed E-state index contributed by atoms with van der Waals surface area (Å²) >= 11 is 0. The number of urea groups is 1. The molecule has 0 radical (unpaired) electrons. The number of anilines is 1. The molecule has 4 aliphatic carbocycles. The molecule has 48 heavy (non-hydrogen) atoms. The predicted octanol–water partition coefficient (Wildman–Crippen LogP) is 6.87. The van der Waals surface area contributed by atoms with Gasteiger partial charge < -0.3 is 18.9 Å². The number of carbonyl (C=O) groups is 3. The number of imide groups is 2. The van der Waals surface area contributed by atoms with Gasteiger partial charge in [-0.25, -0.2) is 9.69 Å². The van der Waals surface area contributed by atoms with Gasteiger partial charge in [-0.2, -0.15) is 0 Å². The predicted molar refractivity (Wildman–Crippen MR) is 179 cm³/mol. The Morgan fingerprint density at radius 1 is 0.938 bits per heavy atom. The average molecular weight is 647 g/mol. The lowest BCUT2D eigenvalue weighted by Crippen LogP contribution is -2.54. The van der Waals surface area contributed by atoms with Gasteiger partial charge in [-0.05, 0) is 127 Å². The van der Waals surface area contributed by atoms with Crippen LogP contribution in [-0.4, -0.2) is 31.7 Å². The number of amides is 4. The van der Waals surface area contributed by atoms with E-state index in [0.29, 0.717) is 40.7 Å². The van der Waals surface area contributed by atoms with Crippen LogP contribution in [0.15, 0.2) is 72.8 Å². The Kier molecular flexibility index (Phi) is 7.50. The van der Waals surface area contributed by atoms with Crippen molar-refractivity contribution in [1.82, 2.24) is 5.32 Å². The van der Waals surface area contributed by atoms with Crippen LogP contribution in [0, 0.1) is 17.8 Å². The standard InChI is InChI=1S/C39H38N2O7/c1-3-4-28-14-24(17-34(45-2)35(28)46-21-23-5-10-32-33(16-23)48-22-47-32)15-31-36(42)40-38(44)41(37(31)43)30-8-6-29(7-9-30)39-18-25-11-26(19-39)13-27(12-25)20-39/h3,5-10,14-17,25-27H,1,4,11-13,18-22H2,2H3,(H,40,42,44)/b31-15+. The van der Waals surface area contributed by atoms with E-state index >= 15 is 0 Å². The van der Waals surface area contributed by atoms with Crippen molar-refractivity contribution in [3.63, 3.8) is 0 Å². The first-order valence-electron chi connectivity index (χ1n) is 16.7. The second-order valence-electron chi connectivity index (χ2n) is 13.9. The van der Waals surface area contributed by atoms with Gasteiger partial charge in [-0.15, -0.1) is 6.58 Å². The maximum Gasteiger partial charge on any atom is 0.335 e. The molecule has 9 nitrogen and oxygen atoms in total. The highest BCUT2D eigenvalue weighted by Gasteiger charge is 2.51. The van der Waals surface area contributed by atoms with Gasteiger partial charge in [0.05, 0.1) is 12.8 Å². The van der Waals surface area contributed by atoms with Crippen molar-refractivity contribution < 1.29 is 33.3 Å².